The predicted octanol–water partition coefficient (Wildman–Crippen LogP) is 2.96. The molecule has 0 bridgehead atoms. The molecule has 0 unspecified atom stereocenters. The smallest absolute Gasteiger partial charge is 0.151 e. The molecule has 1 aromatic carbocycles. The number of rotatable bonds is 3. The minimum atomic E-state index is 0.0546. The molecule has 15 heavy (non-hydrogen) atoms. The number of methoxy groups -OCH3 is 1. The standard InChI is InChI=1S/C11H12INO2/c1-7(2)15-11-8(6-13)4-9(14-3)5-10(11)12/h4-5,7H,1-3H3. The number of benzene rings is 1. The third-order valence-electron chi connectivity index (χ3n) is 1.73. The van der Waals surface area contributed by atoms with Crippen LogP contribution in [0.25, 0.3) is 0 Å². The zero-order valence-electron chi connectivity index (χ0n) is 8.87. The predicted molar refractivity (Wildman–Crippen MR) is 66.2 cm³/mol. The first-order valence-corrected chi connectivity index (χ1v) is 5.60. The van der Waals surface area contributed by atoms with Gasteiger partial charge in [0.1, 0.15) is 11.8 Å². The van der Waals surface area contributed by atoms with Gasteiger partial charge in [0, 0.05) is 6.07 Å². The summed E-state index contributed by atoms with van der Waals surface area (Å²) in [6.45, 7) is 3.86. The van der Waals surface area contributed by atoms with Crippen molar-refractivity contribution in [2.45, 2.75) is 20.0 Å². The Morgan fingerprint density at radius 2 is 2.07 bits per heavy atom. The normalized spacial score (nSPS) is 9.87. The number of halogens is 1. The highest BCUT2D eigenvalue weighted by molar-refractivity contribution is 14.1. The van der Waals surface area contributed by atoms with E-state index in [9.17, 15) is 0 Å². The molecule has 0 spiro atoms. The van der Waals surface area contributed by atoms with E-state index in [1.165, 1.54) is 0 Å². The van der Waals surface area contributed by atoms with Crippen LogP contribution in [-0.2, 0) is 0 Å². The van der Waals surface area contributed by atoms with E-state index in [2.05, 4.69) is 28.7 Å². The topological polar surface area (TPSA) is 42.2 Å². The van der Waals surface area contributed by atoms with Gasteiger partial charge in [0.2, 0.25) is 0 Å². The maximum absolute atomic E-state index is 8.99. The molecule has 0 aliphatic heterocycles. The van der Waals surface area contributed by atoms with Gasteiger partial charge in [-0.05, 0) is 42.5 Å². The summed E-state index contributed by atoms with van der Waals surface area (Å²) in [5.41, 5.74) is 0.507. The third kappa shape index (κ3) is 2.99. The molecular formula is C11H12INO2. The molecule has 0 N–H and O–H groups in total. The second kappa shape index (κ2) is 5.21. The Balaban J connectivity index is 3.20. The van der Waals surface area contributed by atoms with Gasteiger partial charge in [-0.1, -0.05) is 0 Å². The molecule has 0 heterocycles. The highest BCUT2D eigenvalue weighted by atomic mass is 127. The van der Waals surface area contributed by atoms with Crippen LogP contribution in [0.4, 0.5) is 0 Å². The van der Waals surface area contributed by atoms with E-state index < -0.39 is 0 Å². The van der Waals surface area contributed by atoms with Crippen molar-refractivity contribution in [2.24, 2.45) is 0 Å². The molecule has 3 nitrogen and oxygen atoms in total. The summed E-state index contributed by atoms with van der Waals surface area (Å²) in [6.07, 6.45) is 0.0546. The van der Waals surface area contributed by atoms with Gasteiger partial charge in [0.05, 0.1) is 22.3 Å². The Morgan fingerprint density at radius 1 is 1.40 bits per heavy atom. The minimum Gasteiger partial charge on any atom is -0.497 e. The summed E-state index contributed by atoms with van der Waals surface area (Å²) in [7, 11) is 1.58. The number of nitrogens with zero attached hydrogens (tertiary/aromatic N) is 1. The van der Waals surface area contributed by atoms with Gasteiger partial charge < -0.3 is 9.47 Å². The summed E-state index contributed by atoms with van der Waals surface area (Å²) >= 11 is 2.14. The molecule has 0 fully saturated rings. The number of hydrogen-bond acceptors (Lipinski definition) is 3. The van der Waals surface area contributed by atoms with Gasteiger partial charge in [-0.25, -0.2) is 0 Å². The first-order chi connectivity index (χ1) is 7.08. The molecule has 0 radical (unpaired) electrons. The zero-order valence-corrected chi connectivity index (χ0v) is 11.0. The summed E-state index contributed by atoms with van der Waals surface area (Å²) < 4.78 is 11.6. The van der Waals surface area contributed by atoms with Gasteiger partial charge >= 0.3 is 0 Å². The Hall–Kier alpha value is -0.960. The van der Waals surface area contributed by atoms with E-state index in [1.54, 1.807) is 13.2 Å². The van der Waals surface area contributed by atoms with Crippen molar-refractivity contribution < 1.29 is 9.47 Å². The minimum absolute atomic E-state index is 0.0546. The fourth-order valence-corrected chi connectivity index (χ4v) is 1.85. The first-order valence-electron chi connectivity index (χ1n) is 4.52. The van der Waals surface area contributed by atoms with Crippen LogP contribution in [0.3, 0.4) is 0 Å². The van der Waals surface area contributed by atoms with E-state index in [-0.39, 0.29) is 6.10 Å². The van der Waals surface area contributed by atoms with E-state index in [4.69, 9.17) is 14.7 Å². The molecule has 4 heteroatoms. The van der Waals surface area contributed by atoms with Crippen LogP contribution >= 0.6 is 22.6 Å². The Bertz CT molecular complexity index is 396. The van der Waals surface area contributed by atoms with Crippen LogP contribution in [0, 0.1) is 14.9 Å². The van der Waals surface area contributed by atoms with Crippen LogP contribution in [0.5, 0.6) is 11.5 Å². The lowest BCUT2D eigenvalue weighted by molar-refractivity contribution is 0.239. The lowest BCUT2D eigenvalue weighted by Gasteiger charge is -2.13. The molecule has 0 saturated carbocycles. The fourth-order valence-electron chi connectivity index (χ4n) is 1.12. The quantitative estimate of drug-likeness (QED) is 0.805. The van der Waals surface area contributed by atoms with Crippen LogP contribution in [0.15, 0.2) is 12.1 Å². The second-order valence-corrected chi connectivity index (χ2v) is 4.43. The molecule has 0 aromatic heterocycles. The maximum Gasteiger partial charge on any atom is 0.151 e. The van der Waals surface area contributed by atoms with Crippen LogP contribution in [-0.4, -0.2) is 13.2 Å². The van der Waals surface area contributed by atoms with Crippen LogP contribution < -0.4 is 9.47 Å². The number of ether oxygens (including phenoxy) is 2. The van der Waals surface area contributed by atoms with Crippen molar-refractivity contribution in [2.75, 3.05) is 7.11 Å². The average molecular weight is 317 g/mol. The summed E-state index contributed by atoms with van der Waals surface area (Å²) in [4.78, 5) is 0. The van der Waals surface area contributed by atoms with Gasteiger partial charge in [-0.15, -0.1) is 0 Å². The van der Waals surface area contributed by atoms with E-state index >= 15 is 0 Å². The average Bonchev–Trinajstić information content (AvgIpc) is 2.20. The van der Waals surface area contributed by atoms with Gasteiger partial charge in [-0.2, -0.15) is 5.26 Å². The molecular weight excluding hydrogens is 305 g/mol. The first kappa shape index (κ1) is 12.1. The van der Waals surface area contributed by atoms with Crippen molar-refractivity contribution in [1.29, 1.82) is 5.26 Å². The zero-order chi connectivity index (χ0) is 11.4. The lowest BCUT2D eigenvalue weighted by Crippen LogP contribution is -2.08. The lowest BCUT2D eigenvalue weighted by atomic mass is 10.2. The van der Waals surface area contributed by atoms with Crippen LogP contribution in [0.2, 0.25) is 0 Å². The van der Waals surface area contributed by atoms with Crippen molar-refractivity contribution in [3.63, 3.8) is 0 Å². The largest absolute Gasteiger partial charge is 0.497 e. The number of nitriles is 1. The van der Waals surface area contributed by atoms with Crippen molar-refractivity contribution in [3.05, 3.63) is 21.3 Å². The van der Waals surface area contributed by atoms with Crippen molar-refractivity contribution in [1.82, 2.24) is 0 Å². The maximum atomic E-state index is 8.99. The van der Waals surface area contributed by atoms with Gasteiger partial charge in [0.25, 0.3) is 0 Å². The molecule has 80 valence electrons. The third-order valence-corrected chi connectivity index (χ3v) is 2.53. The molecule has 1 rings (SSSR count). The molecule has 0 amide bonds. The number of hydrogen-bond donors (Lipinski definition) is 0. The molecule has 0 atom stereocenters. The van der Waals surface area contributed by atoms with E-state index in [1.807, 2.05) is 19.9 Å². The molecule has 0 aliphatic rings. The fraction of sp³-hybridized carbons (Fsp3) is 0.364. The molecule has 0 aliphatic carbocycles. The SMILES string of the molecule is COc1cc(I)c(OC(C)C)c(C#N)c1. The van der Waals surface area contributed by atoms with E-state index in [0.29, 0.717) is 17.1 Å². The van der Waals surface area contributed by atoms with Crippen molar-refractivity contribution >= 4 is 22.6 Å². The highest BCUT2D eigenvalue weighted by Crippen LogP contribution is 2.30. The summed E-state index contributed by atoms with van der Waals surface area (Å²) in [6, 6.07) is 5.63. The van der Waals surface area contributed by atoms with Crippen LogP contribution in [0.1, 0.15) is 19.4 Å². The monoisotopic (exact) mass is 317 g/mol. The van der Waals surface area contributed by atoms with Crippen molar-refractivity contribution in [3.8, 4) is 17.6 Å². The Kier molecular flexibility index (Phi) is 4.21. The summed E-state index contributed by atoms with van der Waals surface area (Å²) in [5.74, 6) is 1.31. The Morgan fingerprint density at radius 3 is 2.53 bits per heavy atom. The highest BCUT2D eigenvalue weighted by Gasteiger charge is 2.12. The van der Waals surface area contributed by atoms with E-state index in [0.717, 1.165) is 3.57 Å². The summed E-state index contributed by atoms with van der Waals surface area (Å²) in [5, 5.41) is 8.99. The molecule has 0 saturated heterocycles. The Labute approximate surface area is 103 Å². The van der Waals surface area contributed by atoms with Gasteiger partial charge in [-0.3, -0.25) is 0 Å². The second-order valence-electron chi connectivity index (χ2n) is 3.26. The molecule has 1 aromatic rings. The van der Waals surface area contributed by atoms with Gasteiger partial charge in [0.15, 0.2) is 5.75 Å².